The lowest BCUT2D eigenvalue weighted by Gasteiger charge is -2.05. The van der Waals surface area contributed by atoms with Crippen LogP contribution >= 0.6 is 0 Å². The largest absolute Gasteiger partial charge is 0.343 e. The monoisotopic (exact) mass is 254 g/mol. The van der Waals surface area contributed by atoms with Gasteiger partial charge in [0, 0.05) is 37.1 Å². The van der Waals surface area contributed by atoms with Crippen LogP contribution in [-0.2, 0) is 20.1 Å². The molecule has 0 aliphatic rings. The summed E-state index contributed by atoms with van der Waals surface area (Å²) in [5, 5.41) is 8.68. The van der Waals surface area contributed by atoms with Gasteiger partial charge in [-0.05, 0) is 36.2 Å². The molecule has 0 saturated carbocycles. The van der Waals surface area contributed by atoms with E-state index in [0.29, 0.717) is 0 Å². The van der Waals surface area contributed by atoms with Crippen molar-refractivity contribution in [2.75, 3.05) is 7.05 Å². The van der Waals surface area contributed by atoms with Crippen LogP contribution in [-0.4, -0.2) is 21.4 Å². The Labute approximate surface area is 112 Å². The first-order valence-electron chi connectivity index (χ1n) is 6.46. The van der Waals surface area contributed by atoms with Crippen molar-refractivity contribution in [1.82, 2.24) is 19.7 Å². The SMILES string of the molecule is CNCc1ccc2c(ccn2Cc2cnn(C)c2)c1. The minimum absolute atomic E-state index is 0.864. The lowest BCUT2D eigenvalue weighted by Crippen LogP contribution is -2.04. The molecule has 4 heteroatoms. The van der Waals surface area contributed by atoms with Gasteiger partial charge in [-0.25, -0.2) is 0 Å². The second-order valence-corrected chi connectivity index (χ2v) is 4.89. The van der Waals surface area contributed by atoms with Crippen LogP contribution in [0.3, 0.4) is 0 Å². The second kappa shape index (κ2) is 4.90. The summed E-state index contributed by atoms with van der Waals surface area (Å²) in [4.78, 5) is 0. The van der Waals surface area contributed by atoms with Gasteiger partial charge in [0.2, 0.25) is 0 Å². The van der Waals surface area contributed by atoms with Crippen LogP contribution in [0, 0.1) is 0 Å². The molecule has 0 saturated heterocycles. The van der Waals surface area contributed by atoms with Crippen LogP contribution in [0.1, 0.15) is 11.1 Å². The van der Waals surface area contributed by atoms with E-state index in [1.165, 1.54) is 22.0 Å². The van der Waals surface area contributed by atoms with Crippen molar-refractivity contribution in [1.29, 1.82) is 0 Å². The van der Waals surface area contributed by atoms with Gasteiger partial charge in [0.15, 0.2) is 0 Å². The van der Waals surface area contributed by atoms with E-state index >= 15 is 0 Å². The van der Waals surface area contributed by atoms with Crippen molar-refractivity contribution in [2.45, 2.75) is 13.1 Å². The third-order valence-electron chi connectivity index (χ3n) is 3.33. The summed E-state index contributed by atoms with van der Waals surface area (Å²) in [6, 6.07) is 8.79. The minimum Gasteiger partial charge on any atom is -0.343 e. The molecule has 19 heavy (non-hydrogen) atoms. The molecule has 0 aliphatic heterocycles. The maximum absolute atomic E-state index is 4.21. The highest BCUT2D eigenvalue weighted by molar-refractivity contribution is 5.81. The van der Waals surface area contributed by atoms with Gasteiger partial charge in [0.05, 0.1) is 12.7 Å². The summed E-state index contributed by atoms with van der Waals surface area (Å²) in [6.07, 6.45) is 6.11. The van der Waals surface area contributed by atoms with Crippen LogP contribution in [0.2, 0.25) is 0 Å². The number of hydrogen-bond acceptors (Lipinski definition) is 2. The van der Waals surface area contributed by atoms with Gasteiger partial charge in [-0.15, -0.1) is 0 Å². The molecule has 2 heterocycles. The van der Waals surface area contributed by atoms with Gasteiger partial charge in [-0.2, -0.15) is 5.10 Å². The van der Waals surface area contributed by atoms with E-state index in [1.54, 1.807) is 0 Å². The van der Waals surface area contributed by atoms with Gasteiger partial charge in [0.25, 0.3) is 0 Å². The maximum Gasteiger partial charge on any atom is 0.0539 e. The van der Waals surface area contributed by atoms with Crippen LogP contribution < -0.4 is 5.32 Å². The summed E-state index contributed by atoms with van der Waals surface area (Å²) < 4.78 is 4.10. The summed E-state index contributed by atoms with van der Waals surface area (Å²) in [5.41, 5.74) is 3.80. The van der Waals surface area contributed by atoms with Crippen LogP contribution in [0.25, 0.3) is 10.9 Å². The fourth-order valence-corrected chi connectivity index (χ4v) is 2.45. The molecule has 0 spiro atoms. The lowest BCUT2D eigenvalue weighted by molar-refractivity contribution is 0.764. The molecule has 98 valence electrons. The molecule has 0 radical (unpaired) electrons. The van der Waals surface area contributed by atoms with Crippen molar-refractivity contribution in [3.05, 3.63) is 54.0 Å². The van der Waals surface area contributed by atoms with E-state index < -0.39 is 0 Å². The molecule has 2 aromatic heterocycles. The van der Waals surface area contributed by atoms with Crippen molar-refractivity contribution in [3.63, 3.8) is 0 Å². The first-order valence-corrected chi connectivity index (χ1v) is 6.46. The normalized spacial score (nSPS) is 11.3. The number of rotatable bonds is 4. The summed E-state index contributed by atoms with van der Waals surface area (Å²) in [6.45, 7) is 1.77. The second-order valence-electron chi connectivity index (χ2n) is 4.89. The van der Waals surface area contributed by atoms with Crippen molar-refractivity contribution in [3.8, 4) is 0 Å². The van der Waals surface area contributed by atoms with E-state index in [0.717, 1.165) is 13.1 Å². The quantitative estimate of drug-likeness (QED) is 0.774. The van der Waals surface area contributed by atoms with Gasteiger partial charge < -0.3 is 9.88 Å². The van der Waals surface area contributed by atoms with Crippen molar-refractivity contribution >= 4 is 10.9 Å². The molecular formula is C15H18N4. The summed E-state index contributed by atoms with van der Waals surface area (Å²) >= 11 is 0. The smallest absolute Gasteiger partial charge is 0.0539 e. The van der Waals surface area contributed by atoms with Crippen LogP contribution in [0.4, 0.5) is 0 Å². The topological polar surface area (TPSA) is 34.8 Å². The minimum atomic E-state index is 0.864. The Kier molecular flexibility index (Phi) is 3.09. The molecule has 0 aliphatic carbocycles. The number of aryl methyl sites for hydroxylation is 1. The molecule has 4 nitrogen and oxygen atoms in total. The average Bonchev–Trinajstić information content (AvgIpc) is 2.97. The third kappa shape index (κ3) is 2.39. The molecule has 3 aromatic rings. The zero-order valence-corrected chi connectivity index (χ0v) is 11.3. The molecule has 1 N–H and O–H groups in total. The molecule has 1 aromatic carbocycles. The Morgan fingerprint density at radius 2 is 2.11 bits per heavy atom. The lowest BCUT2D eigenvalue weighted by atomic mass is 10.1. The highest BCUT2D eigenvalue weighted by atomic mass is 15.2. The van der Waals surface area contributed by atoms with Gasteiger partial charge in [0.1, 0.15) is 0 Å². The predicted molar refractivity (Wildman–Crippen MR) is 77.0 cm³/mol. The number of fused-ring (bicyclic) bond motifs is 1. The molecule has 0 atom stereocenters. The molecule has 0 bridgehead atoms. The average molecular weight is 254 g/mol. The number of aromatic nitrogens is 3. The Morgan fingerprint density at radius 3 is 2.84 bits per heavy atom. The number of hydrogen-bond donors (Lipinski definition) is 1. The van der Waals surface area contributed by atoms with Gasteiger partial charge in [-0.1, -0.05) is 6.07 Å². The fraction of sp³-hybridized carbons (Fsp3) is 0.267. The van der Waals surface area contributed by atoms with Gasteiger partial charge in [-0.3, -0.25) is 4.68 Å². The highest BCUT2D eigenvalue weighted by Gasteiger charge is 2.04. The summed E-state index contributed by atoms with van der Waals surface area (Å²) in [5.74, 6) is 0. The van der Waals surface area contributed by atoms with Crippen molar-refractivity contribution in [2.24, 2.45) is 7.05 Å². The van der Waals surface area contributed by atoms with E-state index in [9.17, 15) is 0 Å². The van der Waals surface area contributed by atoms with E-state index in [2.05, 4.69) is 51.6 Å². The number of nitrogens with one attached hydrogen (secondary N) is 1. The third-order valence-corrected chi connectivity index (χ3v) is 3.33. The van der Waals surface area contributed by atoms with E-state index in [-0.39, 0.29) is 0 Å². The fourth-order valence-electron chi connectivity index (χ4n) is 2.45. The molecular weight excluding hydrogens is 236 g/mol. The Bertz CT molecular complexity index is 693. The zero-order chi connectivity index (χ0) is 13.2. The zero-order valence-electron chi connectivity index (χ0n) is 11.3. The number of benzene rings is 1. The first kappa shape index (κ1) is 12.0. The molecule has 0 amide bonds. The standard InChI is InChI=1S/C15H18N4/c1-16-8-12-3-4-15-14(7-12)5-6-19(15)11-13-9-17-18(2)10-13/h3-7,9-10,16H,8,11H2,1-2H3. The Balaban J connectivity index is 1.92. The van der Waals surface area contributed by atoms with Crippen LogP contribution in [0.15, 0.2) is 42.9 Å². The number of nitrogens with zero attached hydrogens (tertiary/aromatic N) is 3. The van der Waals surface area contributed by atoms with Crippen LogP contribution in [0.5, 0.6) is 0 Å². The molecule has 3 rings (SSSR count). The highest BCUT2D eigenvalue weighted by Crippen LogP contribution is 2.19. The van der Waals surface area contributed by atoms with Crippen molar-refractivity contribution < 1.29 is 0 Å². The molecule has 0 fully saturated rings. The Hall–Kier alpha value is -2.07. The van der Waals surface area contributed by atoms with Gasteiger partial charge >= 0.3 is 0 Å². The Morgan fingerprint density at radius 1 is 1.21 bits per heavy atom. The summed E-state index contributed by atoms with van der Waals surface area (Å²) in [7, 11) is 3.92. The predicted octanol–water partition coefficient (Wildman–Crippen LogP) is 2.14. The first-order chi connectivity index (χ1) is 9.26. The van der Waals surface area contributed by atoms with E-state index in [1.807, 2.05) is 25.0 Å². The maximum atomic E-state index is 4.21. The van der Waals surface area contributed by atoms with E-state index in [4.69, 9.17) is 0 Å². The molecule has 0 unspecified atom stereocenters.